The van der Waals surface area contributed by atoms with Gasteiger partial charge < -0.3 is 20.5 Å². The summed E-state index contributed by atoms with van der Waals surface area (Å²) in [4.78, 5) is 11.9. The molecular formula is C11H18N2O3. The summed E-state index contributed by atoms with van der Waals surface area (Å²) in [5.74, 6) is 0.0398. The van der Waals surface area contributed by atoms with Crippen molar-refractivity contribution in [3.63, 3.8) is 0 Å². The van der Waals surface area contributed by atoms with Crippen LogP contribution >= 0.6 is 0 Å². The first kappa shape index (κ1) is 11.3. The van der Waals surface area contributed by atoms with Crippen molar-refractivity contribution in [1.82, 2.24) is 5.32 Å². The van der Waals surface area contributed by atoms with E-state index in [0.717, 1.165) is 25.7 Å². The molecule has 1 aliphatic carbocycles. The molecule has 0 aromatic rings. The minimum Gasteiger partial charge on any atom is -0.494 e. The third-order valence-electron chi connectivity index (χ3n) is 3.20. The van der Waals surface area contributed by atoms with Crippen LogP contribution in [0.2, 0.25) is 0 Å². The van der Waals surface area contributed by atoms with Gasteiger partial charge in [0.15, 0.2) is 0 Å². The van der Waals surface area contributed by atoms with Crippen LogP contribution in [0.4, 0.5) is 0 Å². The lowest BCUT2D eigenvalue weighted by atomic mass is 9.98. The van der Waals surface area contributed by atoms with Gasteiger partial charge >= 0.3 is 0 Å². The molecule has 1 saturated carbocycles. The van der Waals surface area contributed by atoms with Gasteiger partial charge in [-0.3, -0.25) is 4.79 Å². The number of ether oxygens (including phenoxy) is 2. The highest BCUT2D eigenvalue weighted by Gasteiger charge is 2.35. The standard InChI is InChI=1S/C11H18N2O3/c12-8-11(3-1-2-4-11)13-10(14)9-7-15-5-6-16-9/h7H,1-6,8,12H2,(H,13,14). The van der Waals surface area contributed by atoms with Gasteiger partial charge in [0.2, 0.25) is 5.76 Å². The first-order chi connectivity index (χ1) is 7.76. The Morgan fingerprint density at radius 3 is 2.75 bits per heavy atom. The number of carbonyl (C=O) groups excluding carboxylic acids is 1. The van der Waals surface area contributed by atoms with E-state index in [9.17, 15) is 4.79 Å². The second-order valence-electron chi connectivity index (χ2n) is 4.35. The van der Waals surface area contributed by atoms with E-state index in [1.165, 1.54) is 6.26 Å². The molecule has 16 heavy (non-hydrogen) atoms. The molecule has 1 amide bonds. The van der Waals surface area contributed by atoms with Crippen LogP contribution in [0.25, 0.3) is 0 Å². The Labute approximate surface area is 95.0 Å². The highest BCUT2D eigenvalue weighted by atomic mass is 16.6. The number of amides is 1. The van der Waals surface area contributed by atoms with Crippen LogP contribution in [0, 0.1) is 0 Å². The lowest BCUT2D eigenvalue weighted by Gasteiger charge is -2.29. The van der Waals surface area contributed by atoms with E-state index in [1.54, 1.807) is 0 Å². The molecule has 0 unspecified atom stereocenters. The zero-order valence-corrected chi connectivity index (χ0v) is 9.33. The van der Waals surface area contributed by atoms with E-state index in [0.29, 0.717) is 19.8 Å². The van der Waals surface area contributed by atoms with E-state index in [2.05, 4.69) is 5.32 Å². The molecule has 0 radical (unpaired) electrons. The third-order valence-corrected chi connectivity index (χ3v) is 3.20. The topological polar surface area (TPSA) is 73.6 Å². The molecule has 90 valence electrons. The fourth-order valence-corrected chi connectivity index (χ4v) is 2.22. The Balaban J connectivity index is 1.97. The minimum atomic E-state index is -0.237. The first-order valence-corrected chi connectivity index (χ1v) is 5.73. The van der Waals surface area contributed by atoms with E-state index in [1.807, 2.05) is 0 Å². The fourth-order valence-electron chi connectivity index (χ4n) is 2.22. The van der Waals surface area contributed by atoms with Gasteiger partial charge in [0.05, 0.1) is 5.54 Å². The maximum Gasteiger partial charge on any atom is 0.290 e. The number of nitrogens with one attached hydrogen (secondary N) is 1. The fraction of sp³-hybridized carbons (Fsp3) is 0.727. The summed E-state index contributed by atoms with van der Waals surface area (Å²) in [5.41, 5.74) is 5.50. The Morgan fingerprint density at radius 2 is 2.19 bits per heavy atom. The Kier molecular flexibility index (Phi) is 3.33. The average Bonchev–Trinajstić information content (AvgIpc) is 2.79. The van der Waals surface area contributed by atoms with Crippen molar-refractivity contribution in [2.45, 2.75) is 31.2 Å². The van der Waals surface area contributed by atoms with Crippen molar-refractivity contribution in [3.05, 3.63) is 12.0 Å². The molecule has 1 aliphatic heterocycles. The van der Waals surface area contributed by atoms with Gasteiger partial charge in [-0.1, -0.05) is 12.8 Å². The van der Waals surface area contributed by atoms with Crippen molar-refractivity contribution in [2.75, 3.05) is 19.8 Å². The molecule has 2 aliphatic rings. The summed E-state index contributed by atoms with van der Waals surface area (Å²) in [6.45, 7) is 1.40. The van der Waals surface area contributed by atoms with Gasteiger partial charge in [-0.2, -0.15) is 0 Å². The predicted molar refractivity (Wildman–Crippen MR) is 58.4 cm³/mol. The molecule has 1 heterocycles. The van der Waals surface area contributed by atoms with Gasteiger partial charge in [0.25, 0.3) is 5.91 Å². The molecule has 0 saturated heterocycles. The second kappa shape index (κ2) is 4.74. The lowest BCUT2D eigenvalue weighted by Crippen LogP contribution is -2.52. The van der Waals surface area contributed by atoms with E-state index in [4.69, 9.17) is 15.2 Å². The zero-order valence-electron chi connectivity index (χ0n) is 9.33. The summed E-state index contributed by atoms with van der Waals surface area (Å²) < 4.78 is 10.3. The van der Waals surface area contributed by atoms with Crippen LogP contribution in [0.1, 0.15) is 25.7 Å². The summed E-state index contributed by atoms with van der Waals surface area (Å²) in [7, 11) is 0. The van der Waals surface area contributed by atoms with Crippen LogP contribution < -0.4 is 11.1 Å². The predicted octanol–water partition coefficient (Wildman–Crippen LogP) is 0.262. The zero-order chi connectivity index (χ0) is 11.4. The van der Waals surface area contributed by atoms with Gasteiger partial charge in [0.1, 0.15) is 19.5 Å². The molecule has 3 N–H and O–H groups in total. The molecule has 5 heteroatoms. The molecule has 1 fully saturated rings. The number of nitrogens with two attached hydrogens (primary N) is 1. The lowest BCUT2D eigenvalue weighted by molar-refractivity contribution is -0.124. The Hall–Kier alpha value is -1.23. The SMILES string of the molecule is NCC1(NC(=O)C2=COCCO2)CCCC1. The Morgan fingerprint density at radius 1 is 1.44 bits per heavy atom. The van der Waals surface area contributed by atoms with Crippen molar-refractivity contribution >= 4 is 5.91 Å². The van der Waals surface area contributed by atoms with Crippen molar-refractivity contribution in [3.8, 4) is 0 Å². The minimum absolute atomic E-state index is 0.216. The van der Waals surface area contributed by atoms with Gasteiger partial charge in [-0.25, -0.2) is 0 Å². The smallest absolute Gasteiger partial charge is 0.290 e. The molecule has 2 rings (SSSR count). The molecule has 0 spiro atoms. The number of hydrogen-bond donors (Lipinski definition) is 2. The van der Waals surface area contributed by atoms with Gasteiger partial charge in [-0.05, 0) is 12.8 Å². The number of rotatable bonds is 3. The Bertz CT molecular complexity index is 296. The molecule has 5 nitrogen and oxygen atoms in total. The van der Waals surface area contributed by atoms with Crippen molar-refractivity contribution in [2.24, 2.45) is 5.73 Å². The van der Waals surface area contributed by atoms with Crippen LogP contribution in [0.3, 0.4) is 0 Å². The van der Waals surface area contributed by atoms with Crippen LogP contribution in [0.15, 0.2) is 12.0 Å². The highest BCUT2D eigenvalue weighted by Crippen LogP contribution is 2.29. The summed E-state index contributed by atoms with van der Waals surface area (Å²) in [6.07, 6.45) is 5.51. The molecule has 0 bridgehead atoms. The average molecular weight is 226 g/mol. The normalized spacial score (nSPS) is 22.9. The summed E-state index contributed by atoms with van der Waals surface area (Å²) in [5, 5.41) is 2.97. The second-order valence-corrected chi connectivity index (χ2v) is 4.35. The summed E-state index contributed by atoms with van der Waals surface area (Å²) in [6, 6.07) is 0. The first-order valence-electron chi connectivity index (χ1n) is 5.73. The van der Waals surface area contributed by atoms with Gasteiger partial charge in [0, 0.05) is 6.54 Å². The summed E-state index contributed by atoms with van der Waals surface area (Å²) >= 11 is 0. The monoisotopic (exact) mass is 226 g/mol. The van der Waals surface area contributed by atoms with E-state index in [-0.39, 0.29) is 17.2 Å². The van der Waals surface area contributed by atoms with Gasteiger partial charge in [-0.15, -0.1) is 0 Å². The van der Waals surface area contributed by atoms with Crippen LogP contribution in [0.5, 0.6) is 0 Å². The molecule has 0 atom stereocenters. The van der Waals surface area contributed by atoms with Crippen molar-refractivity contribution < 1.29 is 14.3 Å². The third kappa shape index (κ3) is 2.29. The van der Waals surface area contributed by atoms with Crippen molar-refractivity contribution in [1.29, 1.82) is 0 Å². The number of hydrogen-bond acceptors (Lipinski definition) is 4. The van der Waals surface area contributed by atoms with Crippen LogP contribution in [-0.4, -0.2) is 31.2 Å². The van der Waals surface area contributed by atoms with E-state index < -0.39 is 0 Å². The molecular weight excluding hydrogens is 208 g/mol. The highest BCUT2D eigenvalue weighted by molar-refractivity contribution is 5.91. The van der Waals surface area contributed by atoms with E-state index >= 15 is 0 Å². The largest absolute Gasteiger partial charge is 0.494 e. The number of carbonyl (C=O) groups is 1. The maximum absolute atomic E-state index is 11.9. The maximum atomic E-state index is 11.9. The molecule has 0 aromatic carbocycles. The quantitative estimate of drug-likeness (QED) is 0.724. The van der Waals surface area contributed by atoms with Crippen LogP contribution in [-0.2, 0) is 14.3 Å². The molecule has 0 aromatic heterocycles.